The summed E-state index contributed by atoms with van der Waals surface area (Å²) >= 11 is 0. The van der Waals surface area contributed by atoms with Gasteiger partial charge in [0.2, 0.25) is 17.7 Å². The van der Waals surface area contributed by atoms with E-state index in [1.54, 1.807) is 11.1 Å². The highest BCUT2D eigenvalue weighted by Gasteiger charge is 2.37. The molecule has 5 rings (SSSR count). The van der Waals surface area contributed by atoms with E-state index in [9.17, 15) is 14.4 Å². The molecule has 0 aliphatic carbocycles. The van der Waals surface area contributed by atoms with Gasteiger partial charge in [0, 0.05) is 38.0 Å². The second-order valence-electron chi connectivity index (χ2n) is 10.2. The standard InChI is InChI=1S/C32H33N5O3/c1-21(38)36-28(19-22-9-12-25(13-10-22)24-6-3-2-4-7-24)32(40)37-17-5-8-29(37)31(39)35-20-23-11-14-27-26(18-23)15-16-34-30(27)33/h2-4,6-7,9-16,18,28-29H,5,8,17,19-20H2,1H3,(H2,33,34)(H,35,39)(H,36,38)/t28-,29+/m1/s1. The van der Waals surface area contributed by atoms with Crippen molar-refractivity contribution in [3.63, 3.8) is 0 Å². The van der Waals surface area contributed by atoms with Crippen molar-refractivity contribution in [3.8, 4) is 11.1 Å². The van der Waals surface area contributed by atoms with Crippen LogP contribution in [0.1, 0.15) is 30.9 Å². The first kappa shape index (κ1) is 26.9. The molecule has 3 amide bonds. The number of likely N-dealkylation sites (tertiary alicyclic amines) is 1. The van der Waals surface area contributed by atoms with E-state index in [1.165, 1.54) is 6.92 Å². The normalized spacial score (nSPS) is 15.5. The maximum absolute atomic E-state index is 13.7. The van der Waals surface area contributed by atoms with Gasteiger partial charge in [-0.15, -0.1) is 0 Å². The number of benzene rings is 3. The Hall–Kier alpha value is -4.72. The minimum Gasteiger partial charge on any atom is -0.383 e. The van der Waals surface area contributed by atoms with Crippen LogP contribution in [-0.2, 0) is 27.3 Å². The molecule has 1 aromatic heterocycles. The van der Waals surface area contributed by atoms with Gasteiger partial charge in [-0.25, -0.2) is 4.98 Å². The highest BCUT2D eigenvalue weighted by atomic mass is 16.2. The van der Waals surface area contributed by atoms with E-state index in [4.69, 9.17) is 5.73 Å². The summed E-state index contributed by atoms with van der Waals surface area (Å²) in [4.78, 5) is 44.6. The third kappa shape index (κ3) is 6.12. The van der Waals surface area contributed by atoms with Crippen molar-refractivity contribution in [2.45, 2.75) is 44.8 Å². The fraction of sp³-hybridized carbons (Fsp3) is 0.250. The second kappa shape index (κ2) is 12.0. The lowest BCUT2D eigenvalue weighted by molar-refractivity contribution is -0.141. The highest BCUT2D eigenvalue weighted by molar-refractivity contribution is 5.93. The molecule has 0 radical (unpaired) electrons. The summed E-state index contributed by atoms with van der Waals surface area (Å²) in [7, 11) is 0. The van der Waals surface area contributed by atoms with Crippen LogP contribution in [0.15, 0.2) is 85.1 Å². The molecule has 0 saturated carbocycles. The van der Waals surface area contributed by atoms with E-state index in [1.807, 2.05) is 78.9 Å². The predicted molar refractivity (Wildman–Crippen MR) is 156 cm³/mol. The van der Waals surface area contributed by atoms with Crippen molar-refractivity contribution in [1.29, 1.82) is 0 Å². The number of hydrogen-bond acceptors (Lipinski definition) is 5. The maximum atomic E-state index is 13.7. The maximum Gasteiger partial charge on any atom is 0.246 e. The Morgan fingerprint density at radius 2 is 1.70 bits per heavy atom. The Kier molecular flexibility index (Phi) is 8.05. The van der Waals surface area contributed by atoms with Crippen LogP contribution in [0.2, 0.25) is 0 Å². The number of nitrogens with zero attached hydrogens (tertiary/aromatic N) is 2. The van der Waals surface area contributed by atoms with Crippen molar-refractivity contribution in [2.75, 3.05) is 12.3 Å². The molecule has 4 N–H and O–H groups in total. The van der Waals surface area contributed by atoms with Crippen LogP contribution in [-0.4, -0.2) is 46.2 Å². The van der Waals surface area contributed by atoms with Crippen molar-refractivity contribution in [1.82, 2.24) is 20.5 Å². The van der Waals surface area contributed by atoms with Crippen LogP contribution in [0.25, 0.3) is 21.9 Å². The average Bonchev–Trinajstić information content (AvgIpc) is 3.46. The average molecular weight is 536 g/mol. The summed E-state index contributed by atoms with van der Waals surface area (Å²) in [6.45, 7) is 2.21. The number of nitrogens with two attached hydrogens (primary N) is 1. The number of nitrogen functional groups attached to an aromatic ring is 1. The van der Waals surface area contributed by atoms with E-state index >= 15 is 0 Å². The van der Waals surface area contributed by atoms with Gasteiger partial charge < -0.3 is 21.3 Å². The topological polar surface area (TPSA) is 117 Å². The van der Waals surface area contributed by atoms with E-state index in [0.29, 0.717) is 31.7 Å². The lowest BCUT2D eigenvalue weighted by Gasteiger charge is -2.28. The number of nitrogens with one attached hydrogen (secondary N) is 2. The largest absolute Gasteiger partial charge is 0.383 e. The van der Waals surface area contributed by atoms with Crippen LogP contribution in [0.5, 0.6) is 0 Å². The number of pyridine rings is 1. The molecule has 2 atom stereocenters. The SMILES string of the molecule is CC(=O)N[C@H](Cc1ccc(-c2ccccc2)cc1)C(=O)N1CCC[C@H]1C(=O)NCc1ccc2c(N)nccc2c1. The van der Waals surface area contributed by atoms with Crippen molar-refractivity contribution in [3.05, 3.63) is 96.2 Å². The molecule has 1 aliphatic rings. The summed E-state index contributed by atoms with van der Waals surface area (Å²) in [6.07, 6.45) is 3.30. The number of rotatable bonds is 8. The molecule has 1 aliphatic heterocycles. The lowest BCUT2D eigenvalue weighted by atomic mass is 10.00. The summed E-state index contributed by atoms with van der Waals surface area (Å²) in [5, 5.41) is 7.62. The molecule has 3 aromatic carbocycles. The molecule has 1 saturated heterocycles. The monoisotopic (exact) mass is 535 g/mol. The number of amides is 3. The molecule has 1 fully saturated rings. The first-order chi connectivity index (χ1) is 19.4. The molecule has 2 heterocycles. The predicted octanol–water partition coefficient (Wildman–Crippen LogP) is 3.84. The highest BCUT2D eigenvalue weighted by Crippen LogP contribution is 2.23. The zero-order chi connectivity index (χ0) is 28.1. The van der Waals surface area contributed by atoms with Gasteiger partial charge in [-0.1, -0.05) is 66.7 Å². The zero-order valence-corrected chi connectivity index (χ0v) is 22.5. The van der Waals surface area contributed by atoms with Gasteiger partial charge in [0.05, 0.1) is 0 Å². The Morgan fingerprint density at radius 3 is 2.45 bits per heavy atom. The lowest BCUT2D eigenvalue weighted by Crippen LogP contribution is -2.53. The third-order valence-electron chi connectivity index (χ3n) is 7.34. The van der Waals surface area contributed by atoms with Crippen LogP contribution >= 0.6 is 0 Å². The van der Waals surface area contributed by atoms with E-state index in [-0.39, 0.29) is 17.7 Å². The second-order valence-corrected chi connectivity index (χ2v) is 10.2. The van der Waals surface area contributed by atoms with Crippen LogP contribution in [0.3, 0.4) is 0 Å². The number of anilines is 1. The quantitative estimate of drug-likeness (QED) is 0.317. The fourth-order valence-corrected chi connectivity index (χ4v) is 5.32. The molecule has 40 heavy (non-hydrogen) atoms. The molecule has 0 spiro atoms. The molecule has 8 nitrogen and oxygen atoms in total. The molecule has 8 heteroatoms. The van der Waals surface area contributed by atoms with Crippen molar-refractivity contribution in [2.24, 2.45) is 0 Å². The van der Waals surface area contributed by atoms with E-state index in [2.05, 4.69) is 15.6 Å². The fourth-order valence-electron chi connectivity index (χ4n) is 5.32. The van der Waals surface area contributed by atoms with Crippen molar-refractivity contribution < 1.29 is 14.4 Å². The van der Waals surface area contributed by atoms with Crippen LogP contribution in [0.4, 0.5) is 5.82 Å². The van der Waals surface area contributed by atoms with Crippen LogP contribution < -0.4 is 16.4 Å². The molecule has 0 bridgehead atoms. The van der Waals surface area contributed by atoms with Gasteiger partial charge in [0.25, 0.3) is 0 Å². The third-order valence-corrected chi connectivity index (χ3v) is 7.34. The van der Waals surface area contributed by atoms with Crippen LogP contribution in [0, 0.1) is 0 Å². The molecule has 204 valence electrons. The van der Waals surface area contributed by atoms with E-state index in [0.717, 1.165) is 39.4 Å². The summed E-state index contributed by atoms with van der Waals surface area (Å²) in [6, 6.07) is 24.4. The van der Waals surface area contributed by atoms with Gasteiger partial charge in [-0.3, -0.25) is 14.4 Å². The zero-order valence-electron chi connectivity index (χ0n) is 22.5. The first-order valence-electron chi connectivity index (χ1n) is 13.5. The van der Waals surface area contributed by atoms with E-state index < -0.39 is 12.1 Å². The molecular weight excluding hydrogens is 502 g/mol. The summed E-state index contributed by atoms with van der Waals surface area (Å²) < 4.78 is 0. The minimum atomic E-state index is -0.756. The Labute approximate surface area is 233 Å². The number of carbonyl (C=O) groups is 3. The summed E-state index contributed by atoms with van der Waals surface area (Å²) in [5.41, 5.74) is 9.99. The number of carbonyl (C=O) groups excluding carboxylic acids is 3. The number of aromatic nitrogens is 1. The Bertz CT molecular complexity index is 1520. The first-order valence-corrected chi connectivity index (χ1v) is 13.5. The molecule has 0 unspecified atom stereocenters. The Morgan fingerprint density at radius 1 is 0.975 bits per heavy atom. The van der Waals surface area contributed by atoms with Gasteiger partial charge in [-0.2, -0.15) is 0 Å². The minimum absolute atomic E-state index is 0.200. The van der Waals surface area contributed by atoms with Gasteiger partial charge in [-0.05, 0) is 52.6 Å². The summed E-state index contributed by atoms with van der Waals surface area (Å²) in [5.74, 6) is -0.261. The van der Waals surface area contributed by atoms with Crippen molar-refractivity contribution >= 4 is 34.3 Å². The molecular formula is C32H33N5O3. The number of hydrogen-bond donors (Lipinski definition) is 3. The Balaban J connectivity index is 1.25. The smallest absolute Gasteiger partial charge is 0.246 e. The number of fused-ring (bicyclic) bond motifs is 1. The van der Waals surface area contributed by atoms with Gasteiger partial charge in [0.1, 0.15) is 17.9 Å². The molecule has 4 aromatic rings. The van der Waals surface area contributed by atoms with Gasteiger partial charge in [0.15, 0.2) is 0 Å². The van der Waals surface area contributed by atoms with Gasteiger partial charge >= 0.3 is 0 Å².